The van der Waals surface area contributed by atoms with Gasteiger partial charge in [-0.25, -0.2) is 8.93 Å². The van der Waals surface area contributed by atoms with Crippen LogP contribution in [0.3, 0.4) is 0 Å². The first-order valence-corrected chi connectivity index (χ1v) is 3.67. The molecule has 1 unspecified atom stereocenters. The van der Waals surface area contributed by atoms with Crippen LogP contribution >= 0.6 is 0 Å². The lowest BCUT2D eigenvalue weighted by Crippen LogP contribution is -2.19. The second kappa shape index (κ2) is 5.87. The van der Waals surface area contributed by atoms with E-state index in [-0.39, 0.29) is 0 Å². The van der Waals surface area contributed by atoms with Crippen molar-refractivity contribution in [1.82, 2.24) is 4.72 Å². The molecule has 0 aromatic rings. The predicted octanol–water partition coefficient (Wildman–Crippen LogP) is -0.197. The second-order valence-corrected chi connectivity index (χ2v) is 2.09. The predicted molar refractivity (Wildman–Crippen MR) is 37.8 cm³/mol. The fourth-order valence-electron chi connectivity index (χ4n) is 0.327. The maximum atomic E-state index is 9.91. The molecular weight excluding hydrogens is 140 g/mol. The van der Waals surface area contributed by atoms with Crippen molar-refractivity contribution < 1.29 is 8.76 Å². The van der Waals surface area contributed by atoms with Crippen LogP contribution in [-0.2, 0) is 11.3 Å². The summed E-state index contributed by atoms with van der Waals surface area (Å²) in [5.74, 6) is 0. The number of rotatable bonds is 4. The molecule has 0 aliphatic rings. The second-order valence-electron chi connectivity index (χ2n) is 1.31. The standard InChI is InChI=1S/C4H10N2O2S/c1-2-5-3-4-6-9(7)8/h2,6H,3-4H2,1H3,(H,7,8). The minimum Gasteiger partial charge on any atom is -0.296 e. The molecule has 54 valence electrons. The van der Waals surface area contributed by atoms with Gasteiger partial charge in [0, 0.05) is 6.54 Å². The normalized spacial score (nSPS) is 14.4. The molecule has 4 nitrogen and oxygen atoms in total. The van der Waals surface area contributed by atoms with Crippen LogP contribution < -0.4 is 4.72 Å². The van der Waals surface area contributed by atoms with E-state index in [1.807, 2.05) is 0 Å². The summed E-state index contributed by atoms with van der Waals surface area (Å²) in [7, 11) is 0. The molecule has 0 saturated carbocycles. The number of hydrogen-bond acceptors (Lipinski definition) is 2. The van der Waals surface area contributed by atoms with Gasteiger partial charge in [0.25, 0.3) is 0 Å². The van der Waals surface area contributed by atoms with E-state index in [1.54, 1.807) is 13.1 Å². The Labute approximate surface area is 56.8 Å². The highest BCUT2D eigenvalue weighted by atomic mass is 32.2. The molecule has 0 heterocycles. The van der Waals surface area contributed by atoms with Crippen LogP contribution in [0.1, 0.15) is 6.92 Å². The van der Waals surface area contributed by atoms with Crippen LogP contribution in [0, 0.1) is 0 Å². The molecule has 0 radical (unpaired) electrons. The van der Waals surface area contributed by atoms with Gasteiger partial charge in [-0.05, 0) is 13.1 Å². The minimum absolute atomic E-state index is 0.438. The monoisotopic (exact) mass is 150 g/mol. The number of nitrogens with zero attached hydrogens (tertiary/aromatic N) is 1. The molecule has 0 fully saturated rings. The first kappa shape index (κ1) is 8.74. The fraction of sp³-hybridized carbons (Fsp3) is 0.750. The van der Waals surface area contributed by atoms with Gasteiger partial charge in [-0.2, -0.15) is 0 Å². The zero-order valence-corrected chi connectivity index (χ0v) is 6.02. The van der Waals surface area contributed by atoms with E-state index in [0.29, 0.717) is 13.1 Å². The van der Waals surface area contributed by atoms with Gasteiger partial charge in [0.2, 0.25) is 11.3 Å². The molecule has 0 saturated heterocycles. The molecule has 0 aliphatic heterocycles. The Bertz CT molecular complexity index is 115. The van der Waals surface area contributed by atoms with E-state index in [2.05, 4.69) is 9.71 Å². The zero-order valence-electron chi connectivity index (χ0n) is 5.20. The Hall–Kier alpha value is -0.260. The van der Waals surface area contributed by atoms with Crippen LogP contribution in [-0.4, -0.2) is 28.1 Å². The highest BCUT2D eigenvalue weighted by molar-refractivity contribution is 7.77. The van der Waals surface area contributed by atoms with Crippen molar-refractivity contribution in [2.24, 2.45) is 4.99 Å². The maximum absolute atomic E-state index is 9.91. The summed E-state index contributed by atoms with van der Waals surface area (Å²) in [4.78, 5) is 3.81. The van der Waals surface area contributed by atoms with Gasteiger partial charge < -0.3 is 0 Å². The highest BCUT2D eigenvalue weighted by Gasteiger charge is 1.86. The van der Waals surface area contributed by atoms with E-state index in [1.165, 1.54) is 0 Å². The summed E-state index contributed by atoms with van der Waals surface area (Å²) in [6.07, 6.45) is 1.65. The van der Waals surface area contributed by atoms with Gasteiger partial charge in [-0.15, -0.1) is 0 Å². The summed E-state index contributed by atoms with van der Waals surface area (Å²) in [5, 5.41) is 0. The average Bonchev–Trinajstić information content (AvgIpc) is 1.80. The molecule has 0 aromatic carbocycles. The van der Waals surface area contributed by atoms with Gasteiger partial charge in [0.05, 0.1) is 6.54 Å². The smallest absolute Gasteiger partial charge is 0.231 e. The van der Waals surface area contributed by atoms with Crippen LogP contribution in [0.5, 0.6) is 0 Å². The third-order valence-electron chi connectivity index (χ3n) is 0.649. The summed E-state index contributed by atoms with van der Waals surface area (Å²) in [6, 6.07) is 0. The maximum Gasteiger partial charge on any atom is 0.231 e. The quantitative estimate of drug-likeness (QED) is 0.331. The van der Waals surface area contributed by atoms with E-state index < -0.39 is 11.3 Å². The zero-order chi connectivity index (χ0) is 7.11. The number of nitrogens with one attached hydrogen (secondary N) is 1. The molecule has 9 heavy (non-hydrogen) atoms. The van der Waals surface area contributed by atoms with E-state index in [0.717, 1.165) is 0 Å². The Kier molecular flexibility index (Phi) is 5.70. The molecule has 5 heteroatoms. The van der Waals surface area contributed by atoms with Crippen molar-refractivity contribution in [3.05, 3.63) is 0 Å². The SMILES string of the molecule is CC=NCCNS(=O)O. The topological polar surface area (TPSA) is 61.7 Å². The lowest BCUT2D eigenvalue weighted by atomic mass is 10.7. The molecule has 0 rings (SSSR count). The molecule has 0 aromatic heterocycles. The molecular formula is C4H10N2O2S. The Morgan fingerprint density at radius 3 is 3.00 bits per heavy atom. The van der Waals surface area contributed by atoms with Crippen LogP contribution in [0.4, 0.5) is 0 Å². The van der Waals surface area contributed by atoms with Crippen LogP contribution in [0.2, 0.25) is 0 Å². The molecule has 2 N–H and O–H groups in total. The number of aliphatic imine (C=N–C) groups is 1. The summed E-state index contributed by atoms with van der Waals surface area (Å²) in [5.41, 5.74) is 0. The lowest BCUT2D eigenvalue weighted by molar-refractivity contribution is 0.550. The summed E-state index contributed by atoms with van der Waals surface area (Å²) >= 11 is -1.89. The van der Waals surface area contributed by atoms with Crippen molar-refractivity contribution in [1.29, 1.82) is 0 Å². The highest BCUT2D eigenvalue weighted by Crippen LogP contribution is 1.66. The minimum atomic E-state index is -1.89. The summed E-state index contributed by atoms with van der Waals surface area (Å²) < 4.78 is 20.4. The molecule has 1 atom stereocenters. The van der Waals surface area contributed by atoms with Crippen LogP contribution in [0.15, 0.2) is 4.99 Å². The van der Waals surface area contributed by atoms with Gasteiger partial charge in [-0.3, -0.25) is 9.55 Å². The van der Waals surface area contributed by atoms with Crippen LogP contribution in [0.25, 0.3) is 0 Å². The molecule has 0 bridgehead atoms. The van der Waals surface area contributed by atoms with Gasteiger partial charge in [0.1, 0.15) is 0 Å². The van der Waals surface area contributed by atoms with Gasteiger partial charge in [-0.1, -0.05) is 0 Å². The van der Waals surface area contributed by atoms with Crippen molar-refractivity contribution in [2.45, 2.75) is 6.92 Å². The lowest BCUT2D eigenvalue weighted by Gasteiger charge is -1.92. The van der Waals surface area contributed by atoms with Crippen molar-refractivity contribution in [3.63, 3.8) is 0 Å². The average molecular weight is 150 g/mol. The summed E-state index contributed by atoms with van der Waals surface area (Å²) in [6.45, 7) is 2.78. The van der Waals surface area contributed by atoms with E-state index >= 15 is 0 Å². The van der Waals surface area contributed by atoms with Crippen molar-refractivity contribution in [3.8, 4) is 0 Å². The molecule has 0 spiro atoms. The Morgan fingerprint density at radius 1 is 1.89 bits per heavy atom. The van der Waals surface area contributed by atoms with Crippen molar-refractivity contribution in [2.75, 3.05) is 13.1 Å². The first-order chi connectivity index (χ1) is 4.27. The third-order valence-corrected chi connectivity index (χ3v) is 1.10. The molecule has 0 amide bonds. The Morgan fingerprint density at radius 2 is 2.56 bits per heavy atom. The molecule has 0 aliphatic carbocycles. The Balaban J connectivity index is 3.01. The van der Waals surface area contributed by atoms with Crippen molar-refractivity contribution >= 4 is 17.5 Å². The van der Waals surface area contributed by atoms with Gasteiger partial charge >= 0.3 is 0 Å². The fourth-order valence-corrected chi connectivity index (χ4v) is 0.593. The van der Waals surface area contributed by atoms with E-state index in [9.17, 15) is 4.21 Å². The first-order valence-electron chi connectivity index (χ1n) is 2.56. The van der Waals surface area contributed by atoms with E-state index in [4.69, 9.17) is 4.55 Å². The van der Waals surface area contributed by atoms with Gasteiger partial charge in [0.15, 0.2) is 0 Å². The largest absolute Gasteiger partial charge is 0.296 e. The number of hydrogen-bond donors (Lipinski definition) is 2. The third kappa shape index (κ3) is 7.74.